The number of H-pyrrole nitrogens is 1. The molecule has 1 N–H and O–H groups in total. The molecule has 0 unspecified atom stereocenters. The van der Waals surface area contributed by atoms with Crippen LogP contribution in [0.2, 0.25) is 0 Å². The number of hydrogen-bond donors (Lipinski definition) is 1. The van der Waals surface area contributed by atoms with Gasteiger partial charge in [-0.25, -0.2) is 4.79 Å². The second-order valence-corrected chi connectivity index (χ2v) is 5.37. The number of nitrogens with one attached hydrogen (secondary N) is 1. The number of halogens is 1. The van der Waals surface area contributed by atoms with Crippen LogP contribution in [-0.2, 0) is 6.42 Å². The molecule has 0 saturated heterocycles. The highest BCUT2D eigenvalue weighted by molar-refractivity contribution is 9.10. The zero-order chi connectivity index (χ0) is 14.1. The van der Waals surface area contributed by atoms with E-state index >= 15 is 0 Å². The van der Waals surface area contributed by atoms with Crippen LogP contribution in [-0.4, -0.2) is 10.8 Å². The maximum Gasteiger partial charge on any atom is 0.417 e. The van der Waals surface area contributed by atoms with Crippen molar-refractivity contribution in [3.05, 3.63) is 68.6 Å². The number of carbonyl (C=O) groups excluding carboxylic acids is 1. The summed E-state index contributed by atoms with van der Waals surface area (Å²) >= 11 is 3.38. The van der Waals surface area contributed by atoms with Gasteiger partial charge >= 0.3 is 5.76 Å². The van der Waals surface area contributed by atoms with E-state index < -0.39 is 5.76 Å². The highest BCUT2D eigenvalue weighted by Crippen LogP contribution is 2.16. The molecular formula is C15H10BrNO3. The van der Waals surface area contributed by atoms with Crippen LogP contribution in [0.5, 0.6) is 0 Å². The largest absolute Gasteiger partial charge is 0.417 e. The van der Waals surface area contributed by atoms with Gasteiger partial charge in [-0.2, -0.15) is 0 Å². The van der Waals surface area contributed by atoms with Crippen molar-refractivity contribution in [1.82, 2.24) is 4.98 Å². The summed E-state index contributed by atoms with van der Waals surface area (Å²) in [4.78, 5) is 25.9. The highest BCUT2D eigenvalue weighted by atomic mass is 79.9. The normalized spacial score (nSPS) is 10.8. The maximum atomic E-state index is 12.2. The molecular weight excluding hydrogens is 322 g/mol. The van der Waals surface area contributed by atoms with Gasteiger partial charge in [-0.15, -0.1) is 0 Å². The van der Waals surface area contributed by atoms with Crippen LogP contribution in [0.25, 0.3) is 11.1 Å². The van der Waals surface area contributed by atoms with E-state index in [1.807, 2.05) is 24.3 Å². The lowest BCUT2D eigenvalue weighted by Gasteiger charge is -2.02. The van der Waals surface area contributed by atoms with Gasteiger partial charge in [0.2, 0.25) is 0 Å². The van der Waals surface area contributed by atoms with Gasteiger partial charge in [0.1, 0.15) is 0 Å². The van der Waals surface area contributed by atoms with Gasteiger partial charge in [0.15, 0.2) is 11.4 Å². The maximum absolute atomic E-state index is 12.2. The Morgan fingerprint density at radius 2 is 2.05 bits per heavy atom. The van der Waals surface area contributed by atoms with Crippen LogP contribution >= 0.6 is 15.9 Å². The fourth-order valence-corrected chi connectivity index (χ4v) is 2.50. The molecule has 0 saturated carbocycles. The fourth-order valence-electron chi connectivity index (χ4n) is 2.05. The molecule has 0 aliphatic carbocycles. The molecule has 3 aromatic rings. The van der Waals surface area contributed by atoms with Crippen molar-refractivity contribution in [2.75, 3.05) is 0 Å². The minimum Gasteiger partial charge on any atom is -0.408 e. The Morgan fingerprint density at radius 1 is 1.20 bits per heavy atom. The summed E-state index contributed by atoms with van der Waals surface area (Å²) in [6.07, 6.45) is 0.305. The van der Waals surface area contributed by atoms with Crippen molar-refractivity contribution in [2.45, 2.75) is 6.42 Å². The molecule has 5 heteroatoms. The van der Waals surface area contributed by atoms with E-state index in [4.69, 9.17) is 4.42 Å². The van der Waals surface area contributed by atoms with Gasteiger partial charge < -0.3 is 4.42 Å². The summed E-state index contributed by atoms with van der Waals surface area (Å²) in [5.41, 5.74) is 2.45. The first-order valence-electron chi connectivity index (χ1n) is 6.02. The van der Waals surface area contributed by atoms with Crippen LogP contribution in [0.15, 0.2) is 56.1 Å². The van der Waals surface area contributed by atoms with Gasteiger partial charge in [-0.1, -0.05) is 28.1 Å². The second-order valence-electron chi connectivity index (χ2n) is 4.46. The number of ketones is 1. The number of rotatable bonds is 3. The number of aromatic nitrogens is 1. The fraction of sp³-hybridized carbons (Fsp3) is 0.0667. The standard InChI is InChI=1S/C15H10BrNO3/c16-11-3-1-2-9(6-11)7-13(18)10-4-5-12-14(8-10)20-15(19)17-12/h1-6,8H,7H2,(H,17,19). The molecule has 0 amide bonds. The summed E-state index contributed by atoms with van der Waals surface area (Å²) in [6, 6.07) is 12.6. The quantitative estimate of drug-likeness (QED) is 0.749. The van der Waals surface area contributed by atoms with E-state index in [1.165, 1.54) is 0 Å². The third kappa shape index (κ3) is 2.58. The van der Waals surface area contributed by atoms with Crippen molar-refractivity contribution in [3.63, 3.8) is 0 Å². The summed E-state index contributed by atoms with van der Waals surface area (Å²) < 4.78 is 5.90. The molecule has 1 heterocycles. The van der Waals surface area contributed by atoms with Crippen molar-refractivity contribution in [3.8, 4) is 0 Å². The first-order chi connectivity index (χ1) is 9.61. The lowest BCUT2D eigenvalue weighted by Crippen LogP contribution is -2.03. The molecule has 0 atom stereocenters. The Bertz CT molecular complexity index is 847. The molecule has 0 fully saturated rings. The van der Waals surface area contributed by atoms with Gasteiger partial charge in [-0.05, 0) is 35.9 Å². The number of hydrogen-bond acceptors (Lipinski definition) is 3. The molecule has 1 aromatic heterocycles. The zero-order valence-corrected chi connectivity index (χ0v) is 11.9. The smallest absolute Gasteiger partial charge is 0.408 e. The van der Waals surface area contributed by atoms with E-state index in [-0.39, 0.29) is 5.78 Å². The van der Waals surface area contributed by atoms with E-state index in [2.05, 4.69) is 20.9 Å². The highest BCUT2D eigenvalue weighted by Gasteiger charge is 2.10. The monoisotopic (exact) mass is 331 g/mol. The van der Waals surface area contributed by atoms with Gasteiger partial charge in [0, 0.05) is 16.5 Å². The van der Waals surface area contributed by atoms with Crippen molar-refractivity contribution in [1.29, 1.82) is 0 Å². The molecule has 2 aromatic carbocycles. The topological polar surface area (TPSA) is 63.1 Å². The van der Waals surface area contributed by atoms with Gasteiger partial charge in [0.25, 0.3) is 0 Å². The van der Waals surface area contributed by atoms with Crippen molar-refractivity contribution >= 4 is 32.8 Å². The van der Waals surface area contributed by atoms with Crippen LogP contribution in [0, 0.1) is 0 Å². The third-order valence-corrected chi connectivity index (χ3v) is 3.49. The lowest BCUT2D eigenvalue weighted by molar-refractivity contribution is 0.0993. The Morgan fingerprint density at radius 3 is 2.85 bits per heavy atom. The molecule has 100 valence electrons. The molecule has 3 rings (SSSR count). The summed E-state index contributed by atoms with van der Waals surface area (Å²) in [5, 5.41) is 0. The summed E-state index contributed by atoms with van der Waals surface area (Å²) in [6.45, 7) is 0. The molecule has 4 nitrogen and oxygen atoms in total. The predicted octanol–water partition coefficient (Wildman–Crippen LogP) is 3.31. The first-order valence-corrected chi connectivity index (χ1v) is 6.81. The van der Waals surface area contributed by atoms with Crippen LogP contribution in [0.1, 0.15) is 15.9 Å². The number of fused-ring (bicyclic) bond motifs is 1. The molecule has 0 aliphatic heterocycles. The number of oxazole rings is 1. The van der Waals surface area contributed by atoms with Crippen LogP contribution in [0.3, 0.4) is 0 Å². The average Bonchev–Trinajstić information content (AvgIpc) is 2.77. The number of carbonyl (C=O) groups is 1. The molecule has 0 aliphatic rings. The van der Waals surface area contributed by atoms with E-state index in [0.29, 0.717) is 23.1 Å². The van der Waals surface area contributed by atoms with E-state index in [9.17, 15) is 9.59 Å². The van der Waals surface area contributed by atoms with Gasteiger partial charge in [0.05, 0.1) is 5.52 Å². The van der Waals surface area contributed by atoms with E-state index in [0.717, 1.165) is 10.0 Å². The van der Waals surface area contributed by atoms with Crippen LogP contribution < -0.4 is 5.76 Å². The van der Waals surface area contributed by atoms with Crippen LogP contribution in [0.4, 0.5) is 0 Å². The first kappa shape index (κ1) is 12.9. The Balaban J connectivity index is 1.90. The lowest BCUT2D eigenvalue weighted by atomic mass is 10.0. The predicted molar refractivity (Wildman–Crippen MR) is 79.0 cm³/mol. The van der Waals surface area contributed by atoms with E-state index in [1.54, 1.807) is 18.2 Å². The average molecular weight is 332 g/mol. The number of benzene rings is 2. The van der Waals surface area contributed by atoms with Gasteiger partial charge in [-0.3, -0.25) is 9.78 Å². The minimum atomic E-state index is -0.517. The zero-order valence-electron chi connectivity index (χ0n) is 10.4. The summed E-state index contributed by atoms with van der Waals surface area (Å²) in [7, 11) is 0. The van der Waals surface area contributed by atoms with Crippen molar-refractivity contribution < 1.29 is 9.21 Å². The van der Waals surface area contributed by atoms with Crippen molar-refractivity contribution in [2.24, 2.45) is 0 Å². The Labute approximate surface area is 122 Å². The Hall–Kier alpha value is -2.14. The molecule has 20 heavy (non-hydrogen) atoms. The molecule has 0 bridgehead atoms. The summed E-state index contributed by atoms with van der Waals surface area (Å²) in [5.74, 6) is -0.537. The third-order valence-electron chi connectivity index (χ3n) is 3.00. The Kier molecular flexibility index (Phi) is 3.28. The minimum absolute atomic E-state index is 0.0196. The SMILES string of the molecule is O=C(Cc1cccc(Br)c1)c1ccc2[nH]c(=O)oc2c1. The number of aromatic amines is 1. The molecule has 0 spiro atoms. The second kappa shape index (κ2) is 5.09. The number of Topliss-reactive ketones (excluding diaryl/α,β-unsaturated/α-hetero) is 1. The molecule has 0 radical (unpaired) electrons.